The molecule has 0 aromatic heterocycles. The van der Waals surface area contributed by atoms with Crippen molar-refractivity contribution in [2.45, 2.75) is 26.2 Å². The van der Waals surface area contributed by atoms with Crippen molar-refractivity contribution < 1.29 is 19.1 Å². The third kappa shape index (κ3) is 2.37. The Kier molecular flexibility index (Phi) is 4.22. The fourth-order valence-electron chi connectivity index (χ4n) is 3.40. The van der Waals surface area contributed by atoms with Crippen LogP contribution < -0.4 is 0 Å². The van der Waals surface area contributed by atoms with E-state index in [-0.39, 0.29) is 11.8 Å². The van der Waals surface area contributed by atoms with E-state index >= 15 is 0 Å². The van der Waals surface area contributed by atoms with Gasteiger partial charge in [0, 0.05) is 5.92 Å². The van der Waals surface area contributed by atoms with Crippen LogP contribution in [0, 0.1) is 29.6 Å². The molecule has 0 aromatic rings. The lowest BCUT2D eigenvalue weighted by molar-refractivity contribution is -0.168. The second kappa shape index (κ2) is 5.77. The van der Waals surface area contributed by atoms with E-state index in [0.717, 1.165) is 17.6 Å². The molecule has 0 unspecified atom stereocenters. The predicted octanol–water partition coefficient (Wildman–Crippen LogP) is 2.25. The third-order valence-corrected chi connectivity index (χ3v) is 4.63. The maximum Gasteiger partial charge on any atom is 0.323 e. The van der Waals surface area contributed by atoms with Crippen molar-refractivity contribution in [2.75, 3.05) is 14.2 Å². The van der Waals surface area contributed by atoms with Gasteiger partial charge < -0.3 is 9.47 Å². The van der Waals surface area contributed by atoms with Crippen LogP contribution in [-0.4, -0.2) is 26.2 Å². The number of ether oxygens (including phenoxy) is 2. The van der Waals surface area contributed by atoms with Crippen molar-refractivity contribution in [3.63, 3.8) is 0 Å². The number of hydrogen-bond acceptors (Lipinski definition) is 4. The zero-order valence-corrected chi connectivity index (χ0v) is 12.6. The molecule has 2 aliphatic carbocycles. The number of hydrogen-bond donors (Lipinski definition) is 0. The molecule has 0 aliphatic heterocycles. The Balaban J connectivity index is 2.49. The van der Waals surface area contributed by atoms with Crippen molar-refractivity contribution in [1.29, 1.82) is 0 Å². The Bertz CT molecular complexity index is 546. The Morgan fingerprint density at radius 2 is 1.95 bits per heavy atom. The number of methoxy groups -OCH3 is 2. The van der Waals surface area contributed by atoms with E-state index in [1.807, 2.05) is 19.1 Å². The van der Waals surface area contributed by atoms with E-state index in [1.165, 1.54) is 14.2 Å². The highest BCUT2D eigenvalue weighted by Gasteiger charge is 2.55. The fraction of sp³-hybridized carbons (Fsp3) is 0.529. The topological polar surface area (TPSA) is 52.6 Å². The molecule has 0 N–H and O–H groups in total. The number of carbonyl (C=O) groups is 2. The highest BCUT2D eigenvalue weighted by molar-refractivity contribution is 6.01. The summed E-state index contributed by atoms with van der Waals surface area (Å²) in [5, 5.41) is 0. The van der Waals surface area contributed by atoms with Crippen molar-refractivity contribution in [2.24, 2.45) is 17.3 Å². The van der Waals surface area contributed by atoms with Gasteiger partial charge in [0.15, 0.2) is 5.41 Å². The monoisotopic (exact) mass is 288 g/mol. The van der Waals surface area contributed by atoms with Crippen molar-refractivity contribution in [3.8, 4) is 12.3 Å². The molecule has 0 spiro atoms. The number of fused-ring (bicyclic) bond motifs is 1. The van der Waals surface area contributed by atoms with Gasteiger partial charge in [0.1, 0.15) is 0 Å². The molecular weight excluding hydrogens is 268 g/mol. The van der Waals surface area contributed by atoms with Crippen LogP contribution in [0.3, 0.4) is 0 Å². The van der Waals surface area contributed by atoms with Gasteiger partial charge in [0.25, 0.3) is 0 Å². The van der Waals surface area contributed by atoms with E-state index in [9.17, 15) is 9.59 Å². The zero-order chi connectivity index (χ0) is 15.6. The largest absolute Gasteiger partial charge is 0.468 e. The molecule has 2 aliphatic rings. The van der Waals surface area contributed by atoms with Crippen LogP contribution in [0.4, 0.5) is 0 Å². The van der Waals surface area contributed by atoms with E-state index in [4.69, 9.17) is 15.9 Å². The molecule has 0 aromatic carbocycles. The summed E-state index contributed by atoms with van der Waals surface area (Å²) in [6.45, 7) is 1.99. The quantitative estimate of drug-likeness (QED) is 0.338. The van der Waals surface area contributed by atoms with Crippen LogP contribution in [0.25, 0.3) is 0 Å². The average Bonchev–Trinajstić information content (AvgIpc) is 2.83. The van der Waals surface area contributed by atoms with Gasteiger partial charge in [0.2, 0.25) is 0 Å². The summed E-state index contributed by atoms with van der Waals surface area (Å²) in [6, 6.07) is 0. The summed E-state index contributed by atoms with van der Waals surface area (Å²) in [5.41, 5.74) is 0.913. The van der Waals surface area contributed by atoms with Gasteiger partial charge >= 0.3 is 11.9 Å². The molecule has 21 heavy (non-hydrogen) atoms. The van der Waals surface area contributed by atoms with E-state index in [0.29, 0.717) is 12.8 Å². The first kappa shape index (κ1) is 15.4. The summed E-state index contributed by atoms with van der Waals surface area (Å²) in [5.74, 6) is 1.77. The summed E-state index contributed by atoms with van der Waals surface area (Å²) < 4.78 is 9.72. The molecule has 1 saturated carbocycles. The van der Waals surface area contributed by atoms with Gasteiger partial charge in [0.05, 0.1) is 14.2 Å². The van der Waals surface area contributed by atoms with Crippen molar-refractivity contribution in [3.05, 3.63) is 23.3 Å². The molecule has 2 atom stereocenters. The standard InChI is InChI=1S/C17H20O4/c1-5-12-7-6-8-13-9-17(15(18)20-3,16(19)21-4)10-14(13)11(12)2/h1,6,8,12-13H,7,9-10H2,2-4H3/t12-,13-/m1/s1. The molecule has 0 saturated heterocycles. The molecule has 1 fully saturated rings. The van der Waals surface area contributed by atoms with Crippen LogP contribution in [-0.2, 0) is 19.1 Å². The lowest BCUT2D eigenvalue weighted by atomic mass is 9.84. The lowest BCUT2D eigenvalue weighted by Gasteiger charge is -2.22. The maximum atomic E-state index is 12.2. The van der Waals surface area contributed by atoms with Gasteiger partial charge in [-0.1, -0.05) is 29.2 Å². The predicted molar refractivity (Wildman–Crippen MR) is 78.0 cm³/mol. The van der Waals surface area contributed by atoms with Crippen molar-refractivity contribution >= 4 is 11.9 Å². The molecular formula is C17H20O4. The van der Waals surface area contributed by atoms with Crippen LogP contribution in [0.1, 0.15) is 26.2 Å². The molecule has 4 heteroatoms. The molecule has 0 amide bonds. The SMILES string of the molecule is C#C[C@@H]1CC=C[C@@H]2CC(C(=O)OC)(C(=O)OC)CC2=C1C. The molecule has 0 heterocycles. The minimum Gasteiger partial charge on any atom is -0.468 e. The first-order chi connectivity index (χ1) is 10.00. The molecule has 112 valence electrons. The number of allylic oxidation sites excluding steroid dienone is 4. The van der Waals surface area contributed by atoms with E-state index in [2.05, 4.69) is 5.92 Å². The smallest absolute Gasteiger partial charge is 0.323 e. The number of esters is 2. The normalized spacial score (nSPS) is 26.6. The fourth-order valence-corrected chi connectivity index (χ4v) is 3.40. The summed E-state index contributed by atoms with van der Waals surface area (Å²) in [4.78, 5) is 24.4. The Hall–Kier alpha value is -2.02. The van der Waals surface area contributed by atoms with Gasteiger partial charge in [-0.3, -0.25) is 9.59 Å². The second-order valence-corrected chi connectivity index (χ2v) is 5.64. The molecule has 0 radical (unpaired) electrons. The molecule has 4 nitrogen and oxygen atoms in total. The Morgan fingerprint density at radius 1 is 1.33 bits per heavy atom. The number of terminal acetylenes is 1. The second-order valence-electron chi connectivity index (χ2n) is 5.64. The maximum absolute atomic E-state index is 12.2. The van der Waals surface area contributed by atoms with Gasteiger partial charge in [-0.25, -0.2) is 0 Å². The van der Waals surface area contributed by atoms with Crippen LogP contribution in [0.2, 0.25) is 0 Å². The summed E-state index contributed by atoms with van der Waals surface area (Å²) in [6.07, 6.45) is 11.2. The van der Waals surface area contributed by atoms with Crippen molar-refractivity contribution in [1.82, 2.24) is 0 Å². The lowest BCUT2D eigenvalue weighted by Crippen LogP contribution is -2.39. The average molecular weight is 288 g/mol. The van der Waals surface area contributed by atoms with E-state index in [1.54, 1.807) is 0 Å². The minimum absolute atomic E-state index is 0.0207. The highest BCUT2D eigenvalue weighted by atomic mass is 16.5. The molecule has 2 rings (SSSR count). The Labute approximate surface area is 125 Å². The van der Waals surface area contributed by atoms with Gasteiger partial charge in [-0.15, -0.1) is 6.42 Å². The van der Waals surface area contributed by atoms with Gasteiger partial charge in [-0.05, 0) is 32.1 Å². The third-order valence-electron chi connectivity index (χ3n) is 4.63. The van der Waals surface area contributed by atoms with Crippen LogP contribution >= 0.6 is 0 Å². The number of rotatable bonds is 2. The zero-order valence-electron chi connectivity index (χ0n) is 12.6. The van der Waals surface area contributed by atoms with Crippen LogP contribution in [0.5, 0.6) is 0 Å². The van der Waals surface area contributed by atoms with Gasteiger partial charge in [-0.2, -0.15) is 0 Å². The highest BCUT2D eigenvalue weighted by Crippen LogP contribution is 2.50. The molecule has 0 bridgehead atoms. The first-order valence-electron chi connectivity index (χ1n) is 6.99. The minimum atomic E-state index is -1.24. The summed E-state index contributed by atoms with van der Waals surface area (Å²) >= 11 is 0. The summed E-state index contributed by atoms with van der Waals surface area (Å²) in [7, 11) is 2.59. The van der Waals surface area contributed by atoms with Crippen LogP contribution in [0.15, 0.2) is 23.3 Å². The Morgan fingerprint density at radius 3 is 2.48 bits per heavy atom. The van der Waals surface area contributed by atoms with E-state index < -0.39 is 17.4 Å². The first-order valence-corrected chi connectivity index (χ1v) is 6.99. The number of carbonyl (C=O) groups excluding carboxylic acids is 2.